The standard InChI is InChI=1S/C13H22N2O3S2/c1-10-11(6-12(18-10)7-14-2)8-15-4-5-19-9-13(15)20(3,16)17/h6,13-14H,4-5,7-9H2,1-3H3. The smallest absolute Gasteiger partial charge is 0.164 e. The summed E-state index contributed by atoms with van der Waals surface area (Å²) in [6.45, 7) is 4.06. The van der Waals surface area contributed by atoms with Crippen LogP contribution in [0.25, 0.3) is 0 Å². The number of hydrogen-bond donors (Lipinski definition) is 1. The zero-order valence-corrected chi connectivity index (χ0v) is 13.8. The Bertz CT molecular complexity index is 554. The second kappa shape index (κ2) is 6.51. The van der Waals surface area contributed by atoms with E-state index in [1.54, 1.807) is 11.8 Å². The van der Waals surface area contributed by atoms with Gasteiger partial charge >= 0.3 is 0 Å². The van der Waals surface area contributed by atoms with Gasteiger partial charge in [-0.1, -0.05) is 0 Å². The second-order valence-corrected chi connectivity index (χ2v) is 8.51. The molecule has 20 heavy (non-hydrogen) atoms. The molecule has 0 saturated carbocycles. The Balaban J connectivity index is 2.14. The molecule has 0 spiro atoms. The molecule has 1 aliphatic rings. The van der Waals surface area contributed by atoms with Gasteiger partial charge in [-0.15, -0.1) is 0 Å². The van der Waals surface area contributed by atoms with Gasteiger partial charge in [0.2, 0.25) is 0 Å². The van der Waals surface area contributed by atoms with Crippen molar-refractivity contribution in [2.45, 2.75) is 25.4 Å². The monoisotopic (exact) mass is 318 g/mol. The maximum Gasteiger partial charge on any atom is 0.164 e. The van der Waals surface area contributed by atoms with Crippen molar-refractivity contribution in [3.8, 4) is 0 Å². The van der Waals surface area contributed by atoms with Crippen molar-refractivity contribution in [1.82, 2.24) is 10.2 Å². The number of aryl methyl sites for hydroxylation is 1. The highest BCUT2D eigenvalue weighted by atomic mass is 32.2. The fourth-order valence-electron chi connectivity index (χ4n) is 2.42. The van der Waals surface area contributed by atoms with Gasteiger partial charge in [-0.2, -0.15) is 11.8 Å². The Morgan fingerprint density at radius 3 is 2.95 bits per heavy atom. The highest BCUT2D eigenvalue weighted by molar-refractivity contribution is 8.00. The zero-order valence-electron chi connectivity index (χ0n) is 12.2. The number of rotatable bonds is 5. The molecule has 0 bridgehead atoms. The lowest BCUT2D eigenvalue weighted by atomic mass is 10.2. The average Bonchev–Trinajstić information content (AvgIpc) is 2.70. The van der Waals surface area contributed by atoms with Gasteiger partial charge in [0.25, 0.3) is 0 Å². The van der Waals surface area contributed by atoms with Crippen LogP contribution in [0, 0.1) is 6.92 Å². The lowest BCUT2D eigenvalue weighted by Gasteiger charge is -2.33. The molecule has 1 saturated heterocycles. The Hall–Kier alpha value is -0.500. The molecule has 1 aliphatic heterocycles. The second-order valence-electron chi connectivity index (χ2n) is 5.15. The minimum absolute atomic E-state index is 0.386. The van der Waals surface area contributed by atoms with E-state index in [2.05, 4.69) is 5.32 Å². The third-order valence-electron chi connectivity index (χ3n) is 3.48. The lowest BCUT2D eigenvalue weighted by Crippen LogP contribution is -2.46. The molecule has 7 heteroatoms. The fourth-order valence-corrected chi connectivity index (χ4v) is 5.36. The van der Waals surface area contributed by atoms with Crippen LogP contribution in [0.2, 0.25) is 0 Å². The van der Waals surface area contributed by atoms with Gasteiger partial charge in [0.1, 0.15) is 16.9 Å². The largest absolute Gasteiger partial charge is 0.465 e. The first kappa shape index (κ1) is 15.9. The van der Waals surface area contributed by atoms with E-state index in [4.69, 9.17) is 4.42 Å². The fraction of sp³-hybridized carbons (Fsp3) is 0.692. The third-order valence-corrected chi connectivity index (χ3v) is 6.17. The molecule has 5 nitrogen and oxygen atoms in total. The summed E-state index contributed by atoms with van der Waals surface area (Å²) in [7, 11) is -1.18. The topological polar surface area (TPSA) is 62.6 Å². The van der Waals surface area contributed by atoms with Crippen LogP contribution < -0.4 is 5.32 Å². The van der Waals surface area contributed by atoms with Crippen LogP contribution in [0.4, 0.5) is 0 Å². The summed E-state index contributed by atoms with van der Waals surface area (Å²) < 4.78 is 29.5. The predicted molar refractivity (Wildman–Crippen MR) is 82.6 cm³/mol. The number of thioether (sulfide) groups is 1. The van der Waals surface area contributed by atoms with Crippen molar-refractivity contribution in [2.24, 2.45) is 0 Å². The summed E-state index contributed by atoms with van der Waals surface area (Å²) in [5, 5.41) is 2.67. The van der Waals surface area contributed by atoms with Crippen molar-refractivity contribution in [3.05, 3.63) is 23.2 Å². The van der Waals surface area contributed by atoms with Crippen molar-refractivity contribution in [2.75, 3.05) is 31.4 Å². The molecule has 1 N–H and O–H groups in total. The summed E-state index contributed by atoms with van der Waals surface area (Å²) >= 11 is 1.71. The van der Waals surface area contributed by atoms with E-state index < -0.39 is 9.84 Å². The van der Waals surface area contributed by atoms with Gasteiger partial charge < -0.3 is 9.73 Å². The van der Waals surface area contributed by atoms with Gasteiger partial charge in [0.05, 0.1) is 6.54 Å². The first-order chi connectivity index (χ1) is 9.41. The third kappa shape index (κ3) is 3.78. The van der Waals surface area contributed by atoms with Crippen molar-refractivity contribution in [3.63, 3.8) is 0 Å². The molecule has 1 fully saturated rings. The molecule has 2 heterocycles. The highest BCUT2D eigenvalue weighted by Crippen LogP contribution is 2.24. The number of nitrogens with one attached hydrogen (secondary N) is 1. The van der Waals surface area contributed by atoms with Crippen LogP contribution in [0.15, 0.2) is 10.5 Å². The molecule has 1 atom stereocenters. The van der Waals surface area contributed by atoms with E-state index >= 15 is 0 Å². The maximum absolute atomic E-state index is 11.9. The molecule has 1 aromatic rings. The molecular weight excluding hydrogens is 296 g/mol. The highest BCUT2D eigenvalue weighted by Gasteiger charge is 2.31. The van der Waals surface area contributed by atoms with Crippen molar-refractivity contribution >= 4 is 21.6 Å². The zero-order chi connectivity index (χ0) is 14.8. The van der Waals surface area contributed by atoms with E-state index in [1.807, 2.05) is 24.9 Å². The normalized spacial score (nSPS) is 21.2. The summed E-state index contributed by atoms with van der Waals surface area (Å²) in [5.74, 6) is 3.40. The van der Waals surface area contributed by atoms with Gasteiger partial charge in [0, 0.05) is 36.4 Å². The average molecular weight is 318 g/mol. The molecular formula is C13H22N2O3S2. The Morgan fingerprint density at radius 2 is 2.30 bits per heavy atom. The van der Waals surface area contributed by atoms with Crippen LogP contribution in [-0.2, 0) is 22.9 Å². The summed E-state index contributed by atoms with van der Waals surface area (Å²) in [6, 6.07) is 2.02. The van der Waals surface area contributed by atoms with E-state index in [0.29, 0.717) is 18.8 Å². The van der Waals surface area contributed by atoms with E-state index in [0.717, 1.165) is 29.4 Å². The molecule has 1 unspecified atom stereocenters. The first-order valence-corrected chi connectivity index (χ1v) is 9.76. The summed E-state index contributed by atoms with van der Waals surface area (Å²) in [4.78, 5) is 2.05. The van der Waals surface area contributed by atoms with Crippen LogP contribution in [0.3, 0.4) is 0 Å². The number of furan rings is 1. The molecule has 0 amide bonds. The number of nitrogens with zero attached hydrogens (tertiary/aromatic N) is 1. The number of hydrogen-bond acceptors (Lipinski definition) is 6. The van der Waals surface area contributed by atoms with Crippen LogP contribution in [-0.4, -0.2) is 50.0 Å². The van der Waals surface area contributed by atoms with Crippen molar-refractivity contribution in [1.29, 1.82) is 0 Å². The maximum atomic E-state index is 11.9. The van der Waals surface area contributed by atoms with Crippen LogP contribution in [0.5, 0.6) is 0 Å². The summed E-state index contributed by atoms with van der Waals surface area (Å²) in [6.07, 6.45) is 1.32. The number of sulfone groups is 1. The minimum Gasteiger partial charge on any atom is -0.465 e. The van der Waals surface area contributed by atoms with E-state index in [9.17, 15) is 8.42 Å². The summed E-state index contributed by atoms with van der Waals surface area (Å²) in [5.41, 5.74) is 1.08. The lowest BCUT2D eigenvalue weighted by molar-refractivity contribution is 0.260. The quantitative estimate of drug-likeness (QED) is 0.881. The van der Waals surface area contributed by atoms with Crippen LogP contribution >= 0.6 is 11.8 Å². The van der Waals surface area contributed by atoms with Gasteiger partial charge in [-0.05, 0) is 20.0 Å². The predicted octanol–water partition coefficient (Wildman–Crippen LogP) is 1.23. The van der Waals surface area contributed by atoms with Gasteiger partial charge in [0.15, 0.2) is 9.84 Å². The van der Waals surface area contributed by atoms with Crippen molar-refractivity contribution < 1.29 is 12.8 Å². The van der Waals surface area contributed by atoms with Gasteiger partial charge in [-0.25, -0.2) is 8.42 Å². The molecule has 1 aromatic heterocycles. The van der Waals surface area contributed by atoms with Gasteiger partial charge in [-0.3, -0.25) is 4.90 Å². The Morgan fingerprint density at radius 1 is 1.55 bits per heavy atom. The molecule has 0 radical (unpaired) electrons. The molecule has 0 aromatic carbocycles. The SMILES string of the molecule is CNCc1cc(CN2CCSCC2S(C)(=O)=O)c(C)o1. The van der Waals surface area contributed by atoms with E-state index in [-0.39, 0.29) is 5.37 Å². The molecule has 0 aliphatic carbocycles. The molecule has 2 rings (SSSR count). The van der Waals surface area contributed by atoms with E-state index in [1.165, 1.54) is 6.26 Å². The first-order valence-electron chi connectivity index (χ1n) is 6.65. The minimum atomic E-state index is -3.05. The Labute approximate surface area is 125 Å². The van der Waals surface area contributed by atoms with Crippen LogP contribution in [0.1, 0.15) is 17.1 Å². The molecule has 114 valence electrons. The Kier molecular flexibility index (Phi) is 5.17.